The number of rotatable bonds is 6. The van der Waals surface area contributed by atoms with Crippen LogP contribution in [0.4, 0.5) is 0 Å². The molecule has 17 heavy (non-hydrogen) atoms. The first-order chi connectivity index (χ1) is 8.00. The number of ether oxygens (including phenoxy) is 1. The van der Waals surface area contributed by atoms with Crippen molar-refractivity contribution in [2.45, 2.75) is 25.4 Å². The van der Waals surface area contributed by atoms with E-state index in [1.54, 1.807) is 6.20 Å². The third-order valence-corrected chi connectivity index (χ3v) is 2.22. The molecule has 0 radical (unpaired) electrons. The quantitative estimate of drug-likeness (QED) is 0.533. The molecule has 0 saturated heterocycles. The minimum absolute atomic E-state index is 0.148. The maximum Gasteiger partial charge on any atom is 0.323 e. The minimum Gasteiger partial charge on any atom is -0.462 e. The first-order valence-electron chi connectivity index (χ1n) is 5.16. The zero-order chi connectivity index (χ0) is 12.8. The van der Waals surface area contributed by atoms with Crippen LogP contribution in [0.25, 0.3) is 0 Å². The lowest BCUT2D eigenvalue weighted by molar-refractivity contribution is -0.146. The molecule has 0 fully saturated rings. The Morgan fingerprint density at radius 3 is 2.71 bits per heavy atom. The Balaban J connectivity index is 2.34. The molecule has 1 aromatic heterocycles. The van der Waals surface area contributed by atoms with Gasteiger partial charge in [0, 0.05) is 18.3 Å². The lowest BCUT2D eigenvalue weighted by Gasteiger charge is -2.12. The molecule has 1 heterocycles. The van der Waals surface area contributed by atoms with Crippen LogP contribution in [-0.2, 0) is 20.7 Å². The van der Waals surface area contributed by atoms with Gasteiger partial charge in [0.15, 0.2) is 0 Å². The topological polar surface area (TPSA) is 124 Å². The number of aromatic nitrogens is 2. The van der Waals surface area contributed by atoms with Crippen LogP contribution < -0.4 is 11.5 Å². The average molecular weight is 240 g/mol. The molecule has 2 atom stereocenters. The van der Waals surface area contributed by atoms with Gasteiger partial charge < -0.3 is 21.2 Å². The Morgan fingerprint density at radius 1 is 1.47 bits per heavy atom. The molecule has 1 aromatic rings. The van der Waals surface area contributed by atoms with E-state index >= 15 is 0 Å². The second-order valence-electron chi connectivity index (χ2n) is 3.73. The Kier molecular flexibility index (Phi) is 4.80. The predicted molar refractivity (Wildman–Crippen MR) is 59.9 cm³/mol. The highest BCUT2D eigenvalue weighted by Gasteiger charge is 2.18. The summed E-state index contributed by atoms with van der Waals surface area (Å²) in [5, 5.41) is 0. The number of Topliss-reactive ketones (excluding diaryl/α,β-unsaturated/α-hetero) is 1. The van der Waals surface area contributed by atoms with Crippen molar-refractivity contribution in [3.05, 3.63) is 18.2 Å². The van der Waals surface area contributed by atoms with E-state index in [0.717, 1.165) is 5.69 Å². The van der Waals surface area contributed by atoms with Crippen LogP contribution in [0.2, 0.25) is 0 Å². The lowest BCUT2D eigenvalue weighted by Crippen LogP contribution is -2.39. The van der Waals surface area contributed by atoms with Gasteiger partial charge in [-0.05, 0) is 6.92 Å². The fraction of sp³-hybridized carbons (Fsp3) is 0.500. The molecule has 0 aliphatic rings. The Bertz CT molecular complexity index is 377. The largest absolute Gasteiger partial charge is 0.462 e. The van der Waals surface area contributed by atoms with Crippen LogP contribution in [0.5, 0.6) is 0 Å². The molecule has 0 amide bonds. The molecule has 1 rings (SSSR count). The molecule has 0 spiro atoms. The summed E-state index contributed by atoms with van der Waals surface area (Å²) in [5.74, 6) is -0.823. The van der Waals surface area contributed by atoms with E-state index in [4.69, 9.17) is 16.2 Å². The third kappa shape index (κ3) is 4.33. The van der Waals surface area contributed by atoms with Crippen molar-refractivity contribution in [3.8, 4) is 0 Å². The first kappa shape index (κ1) is 13.3. The van der Waals surface area contributed by atoms with E-state index in [1.807, 2.05) is 0 Å². The zero-order valence-electron chi connectivity index (χ0n) is 9.55. The summed E-state index contributed by atoms with van der Waals surface area (Å²) in [6, 6.07) is -1.59. The predicted octanol–water partition coefficient (Wildman–Crippen LogP) is -1.26. The second kappa shape index (κ2) is 6.12. The zero-order valence-corrected chi connectivity index (χ0v) is 9.55. The van der Waals surface area contributed by atoms with E-state index < -0.39 is 18.1 Å². The van der Waals surface area contributed by atoms with Crippen molar-refractivity contribution in [2.75, 3.05) is 6.61 Å². The van der Waals surface area contributed by atoms with E-state index in [2.05, 4.69) is 9.97 Å². The number of nitrogens with two attached hydrogens (primary N) is 2. The molecule has 5 N–H and O–H groups in total. The summed E-state index contributed by atoms with van der Waals surface area (Å²) in [5.41, 5.74) is 11.8. The summed E-state index contributed by atoms with van der Waals surface area (Å²) < 4.78 is 4.83. The number of carbonyl (C=O) groups is 2. The van der Waals surface area contributed by atoms with E-state index in [1.165, 1.54) is 13.3 Å². The maximum absolute atomic E-state index is 11.4. The van der Waals surface area contributed by atoms with Crippen molar-refractivity contribution in [1.82, 2.24) is 9.97 Å². The molecule has 0 bridgehead atoms. The van der Waals surface area contributed by atoms with E-state index in [-0.39, 0.29) is 12.4 Å². The van der Waals surface area contributed by atoms with Gasteiger partial charge in [0.25, 0.3) is 0 Å². The number of ketones is 1. The Morgan fingerprint density at radius 2 is 2.18 bits per heavy atom. The van der Waals surface area contributed by atoms with E-state index in [9.17, 15) is 9.59 Å². The van der Waals surface area contributed by atoms with Crippen LogP contribution in [0, 0.1) is 0 Å². The van der Waals surface area contributed by atoms with Gasteiger partial charge >= 0.3 is 5.97 Å². The molecular formula is C10H16N4O3. The Hall–Kier alpha value is -1.73. The number of carbonyl (C=O) groups excluding carboxylic acids is 2. The fourth-order valence-electron chi connectivity index (χ4n) is 1.11. The fourth-order valence-corrected chi connectivity index (χ4v) is 1.11. The summed E-state index contributed by atoms with van der Waals surface area (Å²) in [6.45, 7) is 1.19. The highest BCUT2D eigenvalue weighted by atomic mass is 16.5. The third-order valence-electron chi connectivity index (χ3n) is 2.22. The van der Waals surface area contributed by atoms with E-state index in [0.29, 0.717) is 6.42 Å². The second-order valence-corrected chi connectivity index (χ2v) is 3.73. The molecule has 0 aliphatic heterocycles. The van der Waals surface area contributed by atoms with Crippen LogP contribution >= 0.6 is 0 Å². The minimum atomic E-state index is -0.797. The van der Waals surface area contributed by atoms with Gasteiger partial charge in [0.1, 0.15) is 18.4 Å². The highest BCUT2D eigenvalue weighted by molar-refractivity contribution is 5.82. The molecule has 7 heteroatoms. The number of imidazole rings is 1. The molecule has 0 aromatic carbocycles. The van der Waals surface area contributed by atoms with Crippen LogP contribution in [0.15, 0.2) is 12.5 Å². The first-order valence-corrected chi connectivity index (χ1v) is 5.16. The lowest BCUT2D eigenvalue weighted by atomic mass is 10.2. The van der Waals surface area contributed by atoms with Gasteiger partial charge in [0.05, 0.1) is 12.4 Å². The van der Waals surface area contributed by atoms with Gasteiger partial charge in [0.2, 0.25) is 0 Å². The SMILES string of the molecule is CC(=O)[C@@H](N)COC(=O)[C@@H](N)Cc1cnc[nH]1. The number of H-pyrrole nitrogens is 1. The van der Waals surface area contributed by atoms with Gasteiger partial charge in [-0.3, -0.25) is 9.59 Å². The van der Waals surface area contributed by atoms with Crippen LogP contribution in [0.1, 0.15) is 12.6 Å². The monoisotopic (exact) mass is 240 g/mol. The molecule has 0 aliphatic carbocycles. The summed E-state index contributed by atoms with van der Waals surface area (Å²) >= 11 is 0. The highest BCUT2D eigenvalue weighted by Crippen LogP contribution is 1.98. The number of hydrogen-bond acceptors (Lipinski definition) is 6. The van der Waals surface area contributed by atoms with Gasteiger partial charge in [-0.2, -0.15) is 0 Å². The van der Waals surface area contributed by atoms with Crippen molar-refractivity contribution < 1.29 is 14.3 Å². The standard InChI is InChI=1S/C10H16N4O3/c1-6(15)9(12)4-17-10(16)8(11)2-7-3-13-5-14-7/h3,5,8-9H,2,4,11-12H2,1H3,(H,13,14)/t8-,9-/m0/s1. The molecule has 7 nitrogen and oxygen atoms in total. The molecule has 94 valence electrons. The summed E-state index contributed by atoms with van der Waals surface area (Å²) in [7, 11) is 0. The van der Waals surface area contributed by atoms with Crippen molar-refractivity contribution in [1.29, 1.82) is 0 Å². The number of nitrogens with one attached hydrogen (secondary N) is 1. The number of esters is 1. The summed E-state index contributed by atoms with van der Waals surface area (Å²) in [4.78, 5) is 28.9. The molecular weight excluding hydrogens is 224 g/mol. The average Bonchev–Trinajstić information content (AvgIpc) is 2.77. The van der Waals surface area contributed by atoms with Gasteiger partial charge in [-0.1, -0.05) is 0 Å². The Labute approximate surface area is 98.5 Å². The number of aromatic amines is 1. The number of hydrogen-bond donors (Lipinski definition) is 3. The van der Waals surface area contributed by atoms with Crippen molar-refractivity contribution in [2.24, 2.45) is 11.5 Å². The van der Waals surface area contributed by atoms with Gasteiger partial charge in [-0.15, -0.1) is 0 Å². The summed E-state index contributed by atoms with van der Waals surface area (Å²) in [6.07, 6.45) is 3.38. The maximum atomic E-state index is 11.4. The smallest absolute Gasteiger partial charge is 0.323 e. The molecule has 0 saturated carbocycles. The van der Waals surface area contributed by atoms with Crippen molar-refractivity contribution >= 4 is 11.8 Å². The molecule has 0 unspecified atom stereocenters. The number of nitrogens with zero attached hydrogens (tertiary/aromatic N) is 1. The normalized spacial score (nSPS) is 14.1. The van der Waals surface area contributed by atoms with Gasteiger partial charge in [-0.25, -0.2) is 4.98 Å². The van der Waals surface area contributed by atoms with Crippen molar-refractivity contribution in [3.63, 3.8) is 0 Å². The van der Waals surface area contributed by atoms with Crippen LogP contribution in [0.3, 0.4) is 0 Å². The van der Waals surface area contributed by atoms with Crippen LogP contribution in [-0.4, -0.2) is 40.4 Å².